The molecule has 0 saturated carbocycles. The number of rotatable bonds is 4. The highest BCUT2D eigenvalue weighted by molar-refractivity contribution is 7.71. The number of aromatic amines is 1. The van der Waals surface area contributed by atoms with Gasteiger partial charge in [-0.1, -0.05) is 48.5 Å². The Morgan fingerprint density at radius 2 is 1.87 bits per heavy atom. The van der Waals surface area contributed by atoms with Crippen LogP contribution >= 0.6 is 12.2 Å². The quantitative estimate of drug-likeness (QED) is 0.570. The summed E-state index contributed by atoms with van der Waals surface area (Å²) in [5.41, 5.74) is 1.51. The van der Waals surface area contributed by atoms with Gasteiger partial charge in [-0.2, -0.15) is 14.9 Å². The van der Waals surface area contributed by atoms with E-state index in [1.54, 1.807) is 18.2 Å². The third-order valence-electron chi connectivity index (χ3n) is 3.19. The summed E-state index contributed by atoms with van der Waals surface area (Å²) < 4.78 is 1.79. The third-order valence-corrected chi connectivity index (χ3v) is 3.45. The maximum atomic E-state index is 11.2. The lowest BCUT2D eigenvalue weighted by molar-refractivity contribution is 0.0697. The summed E-state index contributed by atoms with van der Waals surface area (Å²) in [5, 5.41) is 20.4. The fourth-order valence-corrected chi connectivity index (χ4v) is 2.28. The van der Waals surface area contributed by atoms with Crippen LogP contribution in [0.1, 0.15) is 15.9 Å². The lowest BCUT2D eigenvalue weighted by Crippen LogP contribution is -2.02. The van der Waals surface area contributed by atoms with Crippen LogP contribution in [-0.4, -0.2) is 32.2 Å². The molecular formula is C16H12N4O2S. The third kappa shape index (κ3) is 3.09. The Hall–Kier alpha value is -3.06. The molecule has 0 bridgehead atoms. The van der Waals surface area contributed by atoms with Crippen molar-refractivity contribution in [2.75, 3.05) is 0 Å². The monoisotopic (exact) mass is 324 g/mol. The molecule has 0 spiro atoms. The van der Waals surface area contributed by atoms with Gasteiger partial charge >= 0.3 is 5.97 Å². The molecule has 0 radical (unpaired) electrons. The fourth-order valence-electron chi connectivity index (χ4n) is 2.10. The molecule has 2 aromatic carbocycles. The number of aromatic nitrogens is 3. The molecule has 0 amide bonds. The molecule has 114 valence electrons. The van der Waals surface area contributed by atoms with Crippen LogP contribution in [-0.2, 0) is 0 Å². The van der Waals surface area contributed by atoms with E-state index in [0.29, 0.717) is 16.2 Å². The van der Waals surface area contributed by atoms with Crippen molar-refractivity contribution in [3.05, 3.63) is 70.5 Å². The van der Waals surface area contributed by atoms with Gasteiger partial charge in [-0.25, -0.2) is 9.89 Å². The first-order valence-electron chi connectivity index (χ1n) is 6.76. The molecule has 0 atom stereocenters. The highest BCUT2D eigenvalue weighted by atomic mass is 32.1. The SMILES string of the molecule is O=C(O)c1ccccc1/C=N/n1c(-c2ccccc2)n[nH]c1=S. The standard InChI is InChI=1S/C16H12N4O2S/c21-15(22)13-9-5-4-8-12(13)10-17-20-14(18-19-16(20)23)11-6-2-1-3-7-11/h1-10H,(H,19,23)(H,21,22)/b17-10+. The van der Waals surface area contributed by atoms with Gasteiger partial charge in [0.1, 0.15) is 0 Å². The lowest BCUT2D eigenvalue weighted by Gasteiger charge is -2.02. The van der Waals surface area contributed by atoms with E-state index in [9.17, 15) is 9.90 Å². The summed E-state index contributed by atoms with van der Waals surface area (Å²) in [6.45, 7) is 0. The Kier molecular flexibility index (Phi) is 4.11. The van der Waals surface area contributed by atoms with E-state index < -0.39 is 5.97 Å². The number of hydrogen-bond acceptors (Lipinski definition) is 4. The van der Waals surface area contributed by atoms with Gasteiger partial charge < -0.3 is 5.11 Å². The number of nitrogens with one attached hydrogen (secondary N) is 1. The molecule has 1 heterocycles. The van der Waals surface area contributed by atoms with Gasteiger partial charge in [0.05, 0.1) is 11.8 Å². The first-order chi connectivity index (χ1) is 11.2. The molecule has 23 heavy (non-hydrogen) atoms. The van der Waals surface area contributed by atoms with Crippen LogP contribution < -0.4 is 0 Å². The first-order valence-corrected chi connectivity index (χ1v) is 7.17. The maximum absolute atomic E-state index is 11.2. The van der Waals surface area contributed by atoms with Gasteiger partial charge in [0.25, 0.3) is 0 Å². The molecule has 1 aromatic heterocycles. The predicted octanol–water partition coefficient (Wildman–Crippen LogP) is 3.19. The second-order valence-electron chi connectivity index (χ2n) is 4.67. The number of aromatic carboxylic acids is 1. The first kappa shape index (κ1) is 14.9. The predicted molar refractivity (Wildman–Crippen MR) is 89.2 cm³/mol. The summed E-state index contributed by atoms with van der Waals surface area (Å²) in [5.74, 6) is -0.453. The van der Waals surface area contributed by atoms with Crippen LogP contribution in [0.5, 0.6) is 0 Å². The van der Waals surface area contributed by atoms with Crippen molar-refractivity contribution >= 4 is 24.4 Å². The van der Waals surface area contributed by atoms with Crippen molar-refractivity contribution in [3.63, 3.8) is 0 Å². The van der Waals surface area contributed by atoms with Crippen molar-refractivity contribution in [1.29, 1.82) is 0 Å². The Labute approximate surface area is 136 Å². The fraction of sp³-hybridized carbons (Fsp3) is 0. The van der Waals surface area contributed by atoms with E-state index in [-0.39, 0.29) is 5.56 Å². The summed E-state index contributed by atoms with van der Waals surface area (Å²) >= 11 is 5.19. The largest absolute Gasteiger partial charge is 0.478 e. The minimum atomic E-state index is -1.01. The zero-order chi connectivity index (χ0) is 16.2. The number of carboxylic acids is 1. The van der Waals surface area contributed by atoms with Crippen LogP contribution in [0.25, 0.3) is 11.4 Å². The minimum Gasteiger partial charge on any atom is -0.478 e. The van der Waals surface area contributed by atoms with E-state index in [2.05, 4.69) is 15.3 Å². The summed E-state index contributed by atoms with van der Waals surface area (Å²) in [4.78, 5) is 11.2. The summed E-state index contributed by atoms with van der Waals surface area (Å²) in [6.07, 6.45) is 1.46. The van der Waals surface area contributed by atoms with E-state index in [4.69, 9.17) is 12.2 Å². The molecule has 2 N–H and O–H groups in total. The second kappa shape index (κ2) is 6.37. The lowest BCUT2D eigenvalue weighted by atomic mass is 10.1. The van der Waals surface area contributed by atoms with Crippen molar-refractivity contribution < 1.29 is 9.90 Å². The smallest absolute Gasteiger partial charge is 0.336 e. The van der Waals surface area contributed by atoms with Gasteiger partial charge in [-0.15, -0.1) is 0 Å². The molecule has 7 heteroatoms. The average molecular weight is 324 g/mol. The Morgan fingerprint density at radius 3 is 2.61 bits per heavy atom. The van der Waals surface area contributed by atoms with E-state index in [1.165, 1.54) is 17.0 Å². The highest BCUT2D eigenvalue weighted by Crippen LogP contribution is 2.16. The Balaban J connectivity index is 2.04. The minimum absolute atomic E-state index is 0.174. The van der Waals surface area contributed by atoms with Crippen LogP contribution in [0.4, 0.5) is 0 Å². The van der Waals surface area contributed by atoms with Crippen LogP contribution in [0.3, 0.4) is 0 Å². The molecule has 0 saturated heterocycles. The molecule has 0 unspecified atom stereocenters. The molecule has 3 aromatic rings. The van der Waals surface area contributed by atoms with E-state index in [1.807, 2.05) is 30.3 Å². The number of H-pyrrole nitrogens is 1. The normalized spacial score (nSPS) is 11.0. The van der Waals surface area contributed by atoms with Gasteiger partial charge in [0.2, 0.25) is 4.77 Å². The van der Waals surface area contributed by atoms with Crippen LogP contribution in [0.15, 0.2) is 59.7 Å². The van der Waals surface area contributed by atoms with E-state index in [0.717, 1.165) is 5.56 Å². The van der Waals surface area contributed by atoms with Crippen molar-refractivity contribution in [3.8, 4) is 11.4 Å². The maximum Gasteiger partial charge on any atom is 0.336 e. The molecule has 0 aliphatic rings. The van der Waals surface area contributed by atoms with Gasteiger partial charge in [0, 0.05) is 11.1 Å². The number of nitrogens with zero attached hydrogens (tertiary/aromatic N) is 3. The zero-order valence-electron chi connectivity index (χ0n) is 11.9. The average Bonchev–Trinajstić information content (AvgIpc) is 2.94. The number of benzene rings is 2. The number of carboxylic acid groups (broad SMARTS) is 1. The molecule has 6 nitrogen and oxygen atoms in total. The molecule has 3 rings (SSSR count). The number of hydrogen-bond donors (Lipinski definition) is 2. The van der Waals surface area contributed by atoms with Crippen molar-refractivity contribution in [1.82, 2.24) is 14.9 Å². The zero-order valence-corrected chi connectivity index (χ0v) is 12.7. The van der Waals surface area contributed by atoms with Gasteiger partial charge in [-0.05, 0) is 18.3 Å². The Morgan fingerprint density at radius 1 is 1.17 bits per heavy atom. The van der Waals surface area contributed by atoms with Crippen molar-refractivity contribution in [2.45, 2.75) is 0 Å². The van der Waals surface area contributed by atoms with E-state index >= 15 is 0 Å². The molecule has 0 aliphatic carbocycles. The van der Waals surface area contributed by atoms with Gasteiger partial charge in [0.15, 0.2) is 5.82 Å². The Bertz CT molecular complexity index is 929. The van der Waals surface area contributed by atoms with Crippen LogP contribution in [0.2, 0.25) is 0 Å². The molecule has 0 fully saturated rings. The van der Waals surface area contributed by atoms with Crippen molar-refractivity contribution in [2.24, 2.45) is 5.10 Å². The molecular weight excluding hydrogens is 312 g/mol. The highest BCUT2D eigenvalue weighted by Gasteiger charge is 2.09. The van der Waals surface area contributed by atoms with Crippen LogP contribution in [0, 0.1) is 4.77 Å². The number of carbonyl (C=O) groups is 1. The summed E-state index contributed by atoms with van der Waals surface area (Å²) in [6, 6.07) is 16.1. The molecule has 0 aliphatic heterocycles. The topological polar surface area (TPSA) is 83.3 Å². The second-order valence-corrected chi connectivity index (χ2v) is 5.05. The summed E-state index contributed by atoms with van der Waals surface area (Å²) in [7, 11) is 0. The van der Waals surface area contributed by atoms with Gasteiger partial charge in [-0.3, -0.25) is 0 Å².